The number of carboxylic acids is 1. The highest BCUT2D eigenvalue weighted by Crippen LogP contribution is 2.18. The molecule has 2 atom stereocenters. The Morgan fingerprint density at radius 2 is 2.28 bits per heavy atom. The molecule has 0 aromatic heterocycles. The molecule has 104 valence electrons. The number of thioether (sulfide) groups is 1. The van der Waals surface area contributed by atoms with E-state index in [1.54, 1.807) is 11.8 Å². The molecule has 18 heavy (non-hydrogen) atoms. The summed E-state index contributed by atoms with van der Waals surface area (Å²) in [4.78, 5) is 22.9. The van der Waals surface area contributed by atoms with Gasteiger partial charge in [-0.15, -0.1) is 0 Å². The Morgan fingerprint density at radius 1 is 1.56 bits per heavy atom. The Balaban J connectivity index is 2.45. The van der Waals surface area contributed by atoms with Crippen molar-refractivity contribution >= 4 is 23.8 Å². The second-order valence-corrected chi connectivity index (χ2v) is 5.67. The fourth-order valence-corrected chi connectivity index (χ4v) is 2.37. The molecule has 6 nitrogen and oxygen atoms in total. The lowest BCUT2D eigenvalue weighted by Gasteiger charge is -2.25. The van der Waals surface area contributed by atoms with Crippen molar-refractivity contribution in [2.75, 3.05) is 24.7 Å². The summed E-state index contributed by atoms with van der Waals surface area (Å²) >= 11 is 1.72. The van der Waals surface area contributed by atoms with Crippen molar-refractivity contribution in [1.29, 1.82) is 0 Å². The minimum atomic E-state index is -1.28. The van der Waals surface area contributed by atoms with Gasteiger partial charge in [-0.2, -0.15) is 11.8 Å². The maximum absolute atomic E-state index is 11.7. The molecule has 7 heteroatoms. The van der Waals surface area contributed by atoms with Gasteiger partial charge >= 0.3 is 12.0 Å². The van der Waals surface area contributed by atoms with Crippen molar-refractivity contribution in [2.24, 2.45) is 0 Å². The number of rotatable bonds is 6. The summed E-state index contributed by atoms with van der Waals surface area (Å²) in [6, 6.07) is -0.449. The van der Waals surface area contributed by atoms with Crippen molar-refractivity contribution in [2.45, 2.75) is 31.8 Å². The smallest absolute Gasteiger partial charge is 0.332 e. The Hall–Kier alpha value is -0.950. The molecule has 1 aliphatic rings. The van der Waals surface area contributed by atoms with Gasteiger partial charge in [0.25, 0.3) is 0 Å². The third-order valence-corrected chi connectivity index (χ3v) is 3.88. The number of carboxylic acid groups (broad SMARTS) is 1. The first-order valence-electron chi connectivity index (χ1n) is 5.98. The van der Waals surface area contributed by atoms with Crippen LogP contribution in [0.2, 0.25) is 0 Å². The van der Waals surface area contributed by atoms with E-state index in [2.05, 4.69) is 10.6 Å². The molecule has 1 rings (SSSR count). The van der Waals surface area contributed by atoms with E-state index in [0.29, 0.717) is 13.0 Å². The van der Waals surface area contributed by atoms with Crippen LogP contribution in [0.3, 0.4) is 0 Å². The van der Waals surface area contributed by atoms with Gasteiger partial charge in [0.1, 0.15) is 0 Å². The Bertz CT molecular complexity index is 305. The summed E-state index contributed by atoms with van der Waals surface area (Å²) in [6.45, 7) is 4.31. The van der Waals surface area contributed by atoms with Crippen LogP contribution in [-0.4, -0.2) is 53.4 Å². The topological polar surface area (TPSA) is 87.7 Å². The third-order valence-electron chi connectivity index (χ3n) is 2.73. The second-order valence-electron chi connectivity index (χ2n) is 4.35. The van der Waals surface area contributed by atoms with Gasteiger partial charge in [-0.05, 0) is 12.7 Å². The van der Waals surface area contributed by atoms with Crippen LogP contribution in [0.1, 0.15) is 20.3 Å². The predicted octanol–water partition coefficient (Wildman–Crippen LogP) is 0.671. The third kappa shape index (κ3) is 4.06. The number of hydrogen-bond acceptors (Lipinski definition) is 4. The number of carbonyl (C=O) groups is 2. The first kappa shape index (κ1) is 15.1. The first-order chi connectivity index (χ1) is 8.50. The van der Waals surface area contributed by atoms with Crippen molar-refractivity contribution in [3.8, 4) is 0 Å². The maximum atomic E-state index is 11.7. The molecule has 0 aromatic carbocycles. The molecule has 1 aliphatic heterocycles. The normalized spacial score (nSPS) is 24.6. The predicted molar refractivity (Wildman–Crippen MR) is 69.9 cm³/mol. The molecule has 2 amide bonds. The molecule has 0 radical (unpaired) electrons. The number of carbonyl (C=O) groups excluding carboxylic acids is 1. The fraction of sp³-hybridized carbons (Fsp3) is 0.818. The summed E-state index contributed by atoms with van der Waals surface area (Å²) in [7, 11) is 0. The second kappa shape index (κ2) is 6.84. The highest BCUT2D eigenvalue weighted by atomic mass is 32.2. The summed E-state index contributed by atoms with van der Waals surface area (Å²) in [5.41, 5.74) is -1.28. The lowest BCUT2D eigenvalue weighted by Crippen LogP contribution is -2.58. The van der Waals surface area contributed by atoms with Crippen molar-refractivity contribution in [3.05, 3.63) is 0 Å². The quantitative estimate of drug-likeness (QED) is 0.663. The number of nitrogens with one attached hydrogen (secondary N) is 2. The number of urea groups is 1. The SMILES string of the molecule is CCSCC(C)NC(=O)NC1(C(=O)O)CCOC1. The van der Waals surface area contributed by atoms with E-state index in [4.69, 9.17) is 9.84 Å². The first-order valence-corrected chi connectivity index (χ1v) is 7.13. The van der Waals surface area contributed by atoms with E-state index < -0.39 is 17.5 Å². The highest BCUT2D eigenvalue weighted by Gasteiger charge is 2.44. The van der Waals surface area contributed by atoms with E-state index >= 15 is 0 Å². The zero-order chi connectivity index (χ0) is 13.6. The van der Waals surface area contributed by atoms with E-state index in [1.165, 1.54) is 0 Å². The van der Waals surface area contributed by atoms with Crippen molar-refractivity contribution < 1.29 is 19.4 Å². The molecule has 0 bridgehead atoms. The lowest BCUT2D eigenvalue weighted by molar-refractivity contribution is -0.144. The standard InChI is InChI=1S/C11H20N2O4S/c1-3-18-6-8(2)12-10(16)13-11(9(14)15)4-5-17-7-11/h8H,3-7H2,1-2H3,(H,14,15)(H2,12,13,16). The number of amides is 2. The van der Waals surface area contributed by atoms with Crippen LogP contribution in [0.15, 0.2) is 0 Å². The molecule has 1 saturated heterocycles. The van der Waals surface area contributed by atoms with Crippen LogP contribution < -0.4 is 10.6 Å². The highest BCUT2D eigenvalue weighted by molar-refractivity contribution is 7.99. The lowest BCUT2D eigenvalue weighted by atomic mass is 9.99. The van der Waals surface area contributed by atoms with Crippen LogP contribution in [-0.2, 0) is 9.53 Å². The number of aliphatic carboxylic acids is 1. The molecule has 0 aromatic rings. The molecular formula is C11H20N2O4S. The number of ether oxygens (including phenoxy) is 1. The minimum Gasteiger partial charge on any atom is -0.479 e. The average molecular weight is 276 g/mol. The van der Waals surface area contributed by atoms with Gasteiger partial charge in [-0.25, -0.2) is 9.59 Å². The summed E-state index contributed by atoms with van der Waals surface area (Å²) in [5, 5.41) is 14.4. The Labute approximate surface area is 111 Å². The van der Waals surface area contributed by atoms with Crippen molar-refractivity contribution in [3.63, 3.8) is 0 Å². The molecule has 1 fully saturated rings. The molecule has 0 saturated carbocycles. The van der Waals surface area contributed by atoms with Crippen LogP contribution in [0, 0.1) is 0 Å². The average Bonchev–Trinajstić information content (AvgIpc) is 2.75. The van der Waals surface area contributed by atoms with Crippen LogP contribution >= 0.6 is 11.8 Å². The molecular weight excluding hydrogens is 256 g/mol. The Morgan fingerprint density at radius 3 is 2.78 bits per heavy atom. The summed E-state index contributed by atoms with van der Waals surface area (Å²) < 4.78 is 5.07. The van der Waals surface area contributed by atoms with Gasteiger partial charge in [-0.3, -0.25) is 0 Å². The van der Waals surface area contributed by atoms with Gasteiger partial charge in [0.05, 0.1) is 6.61 Å². The monoisotopic (exact) mass is 276 g/mol. The summed E-state index contributed by atoms with van der Waals surface area (Å²) in [5.74, 6) is 0.742. The molecule has 1 heterocycles. The van der Waals surface area contributed by atoms with E-state index in [9.17, 15) is 9.59 Å². The molecule has 3 N–H and O–H groups in total. The van der Waals surface area contributed by atoms with Gasteiger partial charge in [0.15, 0.2) is 5.54 Å². The Kier molecular flexibility index (Phi) is 5.74. The molecule has 0 spiro atoms. The van der Waals surface area contributed by atoms with Gasteiger partial charge in [-0.1, -0.05) is 6.92 Å². The van der Waals surface area contributed by atoms with E-state index in [-0.39, 0.29) is 12.6 Å². The zero-order valence-corrected chi connectivity index (χ0v) is 11.5. The largest absolute Gasteiger partial charge is 0.479 e. The maximum Gasteiger partial charge on any atom is 0.332 e. The van der Waals surface area contributed by atoms with E-state index in [0.717, 1.165) is 11.5 Å². The summed E-state index contributed by atoms with van der Waals surface area (Å²) in [6.07, 6.45) is 0.299. The number of hydrogen-bond donors (Lipinski definition) is 3. The van der Waals surface area contributed by atoms with Crippen LogP contribution in [0.5, 0.6) is 0 Å². The zero-order valence-electron chi connectivity index (χ0n) is 10.7. The van der Waals surface area contributed by atoms with Gasteiger partial charge < -0.3 is 20.5 Å². The molecule has 2 unspecified atom stereocenters. The van der Waals surface area contributed by atoms with Gasteiger partial charge in [0, 0.05) is 24.8 Å². The fourth-order valence-electron chi connectivity index (χ4n) is 1.70. The van der Waals surface area contributed by atoms with Gasteiger partial charge in [0.2, 0.25) is 0 Å². The van der Waals surface area contributed by atoms with Crippen molar-refractivity contribution in [1.82, 2.24) is 10.6 Å². The molecule has 0 aliphatic carbocycles. The van der Waals surface area contributed by atoms with E-state index in [1.807, 2.05) is 13.8 Å². The minimum absolute atomic E-state index is 0.00289. The van der Waals surface area contributed by atoms with Crippen LogP contribution in [0.25, 0.3) is 0 Å². The van der Waals surface area contributed by atoms with Crippen LogP contribution in [0.4, 0.5) is 4.79 Å².